The van der Waals surface area contributed by atoms with Crippen LogP contribution in [0, 0.1) is 0 Å². The van der Waals surface area contributed by atoms with E-state index in [9.17, 15) is 14.7 Å². The molecule has 1 aromatic carbocycles. The van der Waals surface area contributed by atoms with Crippen molar-refractivity contribution in [3.8, 4) is 0 Å². The highest BCUT2D eigenvalue weighted by molar-refractivity contribution is 5.97. The van der Waals surface area contributed by atoms with Gasteiger partial charge in [0.15, 0.2) is 5.78 Å². The summed E-state index contributed by atoms with van der Waals surface area (Å²) in [6, 6.07) is 9.61. The molecule has 1 aliphatic carbocycles. The largest absolute Gasteiger partial charge is 0.477 e. The van der Waals surface area contributed by atoms with E-state index < -0.39 is 5.97 Å². The molecule has 3 rings (SSSR count). The van der Waals surface area contributed by atoms with Gasteiger partial charge in [-0.25, -0.2) is 4.79 Å². The zero-order valence-electron chi connectivity index (χ0n) is 11.9. The van der Waals surface area contributed by atoms with E-state index in [1.165, 1.54) is 18.6 Å². The maximum Gasteiger partial charge on any atom is 0.352 e. The average Bonchev–Trinajstić information content (AvgIpc) is 2.92. The maximum atomic E-state index is 11.6. The molecular weight excluding hydrogens is 266 g/mol. The van der Waals surface area contributed by atoms with E-state index in [-0.39, 0.29) is 17.5 Å². The number of carboxylic acids is 1. The van der Waals surface area contributed by atoms with Crippen LogP contribution in [0.5, 0.6) is 0 Å². The molecule has 1 heterocycles. The molecule has 0 radical (unpaired) electrons. The van der Waals surface area contributed by atoms with Gasteiger partial charge in [-0.1, -0.05) is 24.3 Å². The third-order valence-electron chi connectivity index (χ3n) is 4.15. The third-order valence-corrected chi connectivity index (χ3v) is 4.15. The Balaban J connectivity index is 2.13. The molecule has 21 heavy (non-hydrogen) atoms. The number of carboxylic acid groups (broad SMARTS) is 1. The first-order chi connectivity index (χ1) is 10.1. The first-order valence-corrected chi connectivity index (χ1v) is 7.12. The van der Waals surface area contributed by atoms with Crippen molar-refractivity contribution in [2.75, 3.05) is 0 Å². The van der Waals surface area contributed by atoms with Gasteiger partial charge < -0.3 is 9.67 Å². The van der Waals surface area contributed by atoms with Gasteiger partial charge in [-0.15, -0.1) is 0 Å². The molecule has 1 N–H and O–H groups in total. The Kier molecular flexibility index (Phi) is 3.37. The summed E-state index contributed by atoms with van der Waals surface area (Å²) in [5.41, 5.74) is 3.07. The lowest BCUT2D eigenvalue weighted by Gasteiger charge is -2.27. The van der Waals surface area contributed by atoms with Crippen molar-refractivity contribution in [3.63, 3.8) is 0 Å². The minimum absolute atomic E-state index is 0.00542. The Morgan fingerprint density at radius 1 is 1.29 bits per heavy atom. The van der Waals surface area contributed by atoms with Gasteiger partial charge >= 0.3 is 5.97 Å². The Labute approximate surface area is 123 Å². The number of aryl methyl sites for hydroxylation is 1. The number of nitrogens with zero attached hydrogens (tertiary/aromatic N) is 1. The van der Waals surface area contributed by atoms with Crippen molar-refractivity contribution in [1.29, 1.82) is 0 Å². The van der Waals surface area contributed by atoms with Crippen LogP contribution in [0.2, 0.25) is 0 Å². The summed E-state index contributed by atoms with van der Waals surface area (Å²) in [5, 5.41) is 9.41. The molecular formula is C17H17NO3. The first kappa shape index (κ1) is 13.6. The van der Waals surface area contributed by atoms with Gasteiger partial charge in [0.25, 0.3) is 0 Å². The van der Waals surface area contributed by atoms with E-state index in [4.69, 9.17) is 0 Å². The van der Waals surface area contributed by atoms with E-state index in [1.54, 1.807) is 10.8 Å². The second-order valence-electron chi connectivity index (χ2n) is 5.49. The van der Waals surface area contributed by atoms with Crippen molar-refractivity contribution < 1.29 is 14.7 Å². The van der Waals surface area contributed by atoms with Crippen LogP contribution < -0.4 is 0 Å². The summed E-state index contributed by atoms with van der Waals surface area (Å²) in [6.07, 6.45) is 4.62. The van der Waals surface area contributed by atoms with Gasteiger partial charge in [-0.05, 0) is 43.4 Å². The normalized spacial score (nSPS) is 17.3. The Bertz CT molecular complexity index is 715. The first-order valence-electron chi connectivity index (χ1n) is 7.12. The number of fused-ring (bicyclic) bond motifs is 1. The summed E-state index contributed by atoms with van der Waals surface area (Å²) < 4.78 is 1.75. The minimum Gasteiger partial charge on any atom is -0.477 e. The molecule has 0 fully saturated rings. The Morgan fingerprint density at radius 3 is 2.76 bits per heavy atom. The third kappa shape index (κ3) is 2.37. The fourth-order valence-electron chi connectivity index (χ4n) is 3.12. The molecule has 0 aliphatic heterocycles. The molecule has 0 bridgehead atoms. The number of benzene rings is 1. The number of aromatic carboxylic acids is 1. The van der Waals surface area contributed by atoms with Crippen molar-refractivity contribution in [2.45, 2.75) is 32.2 Å². The van der Waals surface area contributed by atoms with Crippen LogP contribution in [0.25, 0.3) is 0 Å². The van der Waals surface area contributed by atoms with Crippen LogP contribution in [0.4, 0.5) is 0 Å². The van der Waals surface area contributed by atoms with Crippen LogP contribution in [-0.2, 0) is 6.42 Å². The predicted molar refractivity (Wildman–Crippen MR) is 78.9 cm³/mol. The number of hydrogen-bond acceptors (Lipinski definition) is 2. The molecule has 0 amide bonds. The van der Waals surface area contributed by atoms with Gasteiger partial charge in [0.05, 0.1) is 6.04 Å². The summed E-state index contributed by atoms with van der Waals surface area (Å²) >= 11 is 0. The van der Waals surface area contributed by atoms with Gasteiger partial charge in [0.2, 0.25) is 0 Å². The number of carbonyl (C=O) groups is 2. The molecule has 4 heteroatoms. The highest BCUT2D eigenvalue weighted by Gasteiger charge is 2.26. The number of Topliss-reactive ketones (excluding diaryl/α,β-unsaturated/α-hetero) is 1. The summed E-state index contributed by atoms with van der Waals surface area (Å²) in [4.78, 5) is 23.0. The second kappa shape index (κ2) is 5.20. The number of aromatic nitrogens is 1. The highest BCUT2D eigenvalue weighted by atomic mass is 16.4. The molecule has 1 unspecified atom stereocenters. The van der Waals surface area contributed by atoms with Crippen LogP contribution in [-0.4, -0.2) is 21.4 Å². The molecule has 1 atom stereocenters. The van der Waals surface area contributed by atoms with Crippen molar-refractivity contribution in [1.82, 2.24) is 4.57 Å². The van der Waals surface area contributed by atoms with Gasteiger partial charge in [-0.3, -0.25) is 4.79 Å². The topological polar surface area (TPSA) is 59.3 Å². The summed E-state index contributed by atoms with van der Waals surface area (Å²) in [6.45, 7) is 1.46. The highest BCUT2D eigenvalue weighted by Crippen LogP contribution is 2.34. The predicted octanol–water partition coefficient (Wildman–Crippen LogP) is 3.31. The fraction of sp³-hybridized carbons (Fsp3) is 0.294. The molecule has 0 saturated heterocycles. The number of hydrogen-bond donors (Lipinski definition) is 1. The van der Waals surface area contributed by atoms with Crippen LogP contribution in [0.1, 0.15) is 57.8 Å². The number of carbonyl (C=O) groups excluding carboxylic acids is 1. The summed E-state index contributed by atoms with van der Waals surface area (Å²) in [5.74, 6) is -1.11. The lowest BCUT2D eigenvalue weighted by Crippen LogP contribution is -2.20. The monoisotopic (exact) mass is 283 g/mol. The molecule has 108 valence electrons. The number of ketones is 1. The zero-order valence-corrected chi connectivity index (χ0v) is 11.9. The molecule has 2 aromatic rings. The average molecular weight is 283 g/mol. The number of rotatable bonds is 3. The van der Waals surface area contributed by atoms with E-state index >= 15 is 0 Å². The van der Waals surface area contributed by atoms with Crippen molar-refractivity contribution in [2.24, 2.45) is 0 Å². The second-order valence-corrected chi connectivity index (χ2v) is 5.49. The minimum atomic E-state index is -0.995. The Hall–Kier alpha value is -2.36. The summed E-state index contributed by atoms with van der Waals surface area (Å²) in [7, 11) is 0. The van der Waals surface area contributed by atoms with Crippen molar-refractivity contribution in [3.05, 3.63) is 58.9 Å². The molecule has 0 spiro atoms. The molecule has 1 aliphatic rings. The quantitative estimate of drug-likeness (QED) is 0.879. The van der Waals surface area contributed by atoms with E-state index in [2.05, 4.69) is 12.1 Å². The van der Waals surface area contributed by atoms with Crippen LogP contribution in [0.3, 0.4) is 0 Å². The maximum absolute atomic E-state index is 11.6. The van der Waals surface area contributed by atoms with Crippen molar-refractivity contribution >= 4 is 11.8 Å². The van der Waals surface area contributed by atoms with Crippen LogP contribution >= 0.6 is 0 Å². The molecule has 0 saturated carbocycles. The van der Waals surface area contributed by atoms with E-state index in [0.717, 1.165) is 24.8 Å². The standard InChI is InChI=1S/C17H17NO3/c1-11(19)13-9-16(17(20)21)18(10-13)15-8-4-6-12-5-2-3-7-14(12)15/h2-3,5,7,9-10,15H,4,6,8H2,1H3,(H,20,21). The molecule has 1 aromatic heterocycles. The van der Waals surface area contributed by atoms with Crippen LogP contribution in [0.15, 0.2) is 36.5 Å². The van der Waals surface area contributed by atoms with Gasteiger partial charge in [-0.2, -0.15) is 0 Å². The zero-order chi connectivity index (χ0) is 15.0. The van der Waals surface area contributed by atoms with Gasteiger partial charge in [0, 0.05) is 11.8 Å². The SMILES string of the molecule is CC(=O)c1cc(C(=O)O)n(C2CCCc3ccccc32)c1. The smallest absolute Gasteiger partial charge is 0.352 e. The van der Waals surface area contributed by atoms with E-state index in [1.807, 2.05) is 12.1 Å². The van der Waals surface area contributed by atoms with E-state index in [0.29, 0.717) is 5.56 Å². The lowest BCUT2D eigenvalue weighted by atomic mass is 9.87. The Morgan fingerprint density at radius 2 is 2.05 bits per heavy atom. The van der Waals surface area contributed by atoms with Gasteiger partial charge in [0.1, 0.15) is 5.69 Å². The lowest BCUT2D eigenvalue weighted by molar-refractivity contribution is 0.0683. The fourth-order valence-corrected chi connectivity index (χ4v) is 3.12. The molecule has 4 nitrogen and oxygen atoms in total.